The Labute approximate surface area is 321 Å². The van der Waals surface area contributed by atoms with Crippen LogP contribution in [-0.2, 0) is 5.66 Å². The van der Waals surface area contributed by atoms with Crippen LogP contribution in [-0.4, -0.2) is 100 Å². The SMILES string of the molecule is CCCCN(CCCC)c1nc(N(CCCC)CCCC)nc(C(C)(N)N(CCCCCCN(C(C)=NC)C(C)C)C2CC(C)(C)NC(C)(C)C2)n1. The summed E-state index contributed by atoms with van der Waals surface area (Å²) in [6.45, 7) is 33.0. The monoisotopic (exact) mass is 729 g/mol. The van der Waals surface area contributed by atoms with Gasteiger partial charge in [0.1, 0.15) is 5.66 Å². The van der Waals surface area contributed by atoms with Crippen molar-refractivity contribution in [2.75, 3.05) is 56.1 Å². The number of amidine groups is 1. The van der Waals surface area contributed by atoms with Crippen LogP contribution in [0.2, 0.25) is 0 Å². The third-order valence-electron chi connectivity index (χ3n) is 10.9. The highest BCUT2D eigenvalue weighted by Gasteiger charge is 2.45. The van der Waals surface area contributed by atoms with Gasteiger partial charge in [0, 0.05) is 69.5 Å². The van der Waals surface area contributed by atoms with Crippen molar-refractivity contribution in [1.82, 2.24) is 30.1 Å². The highest BCUT2D eigenvalue weighted by Crippen LogP contribution is 2.36. The number of nitrogens with zero attached hydrogens (tertiary/aromatic N) is 8. The van der Waals surface area contributed by atoms with Crippen LogP contribution in [0.5, 0.6) is 0 Å². The van der Waals surface area contributed by atoms with E-state index in [1.807, 2.05) is 7.05 Å². The Bertz CT molecular complexity index is 1090. The number of aromatic nitrogens is 3. The zero-order chi connectivity index (χ0) is 39.0. The minimum Gasteiger partial charge on any atom is -0.358 e. The number of hydrogen-bond acceptors (Lipinski definition) is 9. The molecule has 10 heteroatoms. The molecule has 0 amide bonds. The van der Waals surface area contributed by atoms with E-state index in [1.54, 1.807) is 0 Å². The standard InChI is InChI=1S/C42H84N10/c1-14-18-26-49(27-19-15-2)38-45-37(46-39(47-38)50(28-20-16-3)29-21-17-4)42(12,43)52(36-32-40(8,9)48-41(10,11)33-36)31-25-23-22-24-30-51(34(5)6)35(7)44-13/h34,36,48H,14-33,43H2,1-13H3. The molecular weight excluding hydrogens is 645 g/mol. The van der Waals surface area contributed by atoms with E-state index < -0.39 is 5.66 Å². The second kappa shape index (κ2) is 22.4. The van der Waals surface area contributed by atoms with Crippen LogP contribution >= 0.6 is 0 Å². The average molecular weight is 729 g/mol. The van der Waals surface area contributed by atoms with Crippen molar-refractivity contribution in [2.45, 2.75) is 202 Å². The van der Waals surface area contributed by atoms with Gasteiger partial charge in [-0.3, -0.25) is 9.89 Å². The highest BCUT2D eigenvalue weighted by molar-refractivity contribution is 5.79. The number of unbranched alkanes of at least 4 members (excludes halogenated alkanes) is 7. The van der Waals surface area contributed by atoms with Crippen LogP contribution in [0, 0.1) is 0 Å². The van der Waals surface area contributed by atoms with Crippen LogP contribution in [0.15, 0.2) is 4.99 Å². The largest absolute Gasteiger partial charge is 0.358 e. The molecule has 1 atom stereocenters. The van der Waals surface area contributed by atoms with Crippen LogP contribution in [0.4, 0.5) is 11.9 Å². The predicted molar refractivity (Wildman–Crippen MR) is 226 cm³/mol. The number of nitrogens with one attached hydrogen (secondary N) is 1. The van der Waals surface area contributed by atoms with Gasteiger partial charge < -0.3 is 25.8 Å². The molecule has 0 saturated carbocycles. The van der Waals surface area contributed by atoms with Gasteiger partial charge in [0.2, 0.25) is 11.9 Å². The van der Waals surface area contributed by atoms with Crippen molar-refractivity contribution >= 4 is 17.7 Å². The van der Waals surface area contributed by atoms with E-state index in [2.05, 4.69) is 113 Å². The van der Waals surface area contributed by atoms with Crippen molar-refractivity contribution in [2.24, 2.45) is 10.7 Å². The lowest BCUT2D eigenvalue weighted by molar-refractivity contribution is -0.00852. The van der Waals surface area contributed by atoms with E-state index in [-0.39, 0.29) is 17.1 Å². The molecule has 1 aliphatic rings. The van der Waals surface area contributed by atoms with Crippen LogP contribution in [0.25, 0.3) is 0 Å². The fraction of sp³-hybridized carbons (Fsp3) is 0.905. The molecule has 3 N–H and O–H groups in total. The molecule has 0 bridgehead atoms. The predicted octanol–water partition coefficient (Wildman–Crippen LogP) is 8.75. The Morgan fingerprint density at radius 3 is 1.54 bits per heavy atom. The zero-order valence-corrected chi connectivity index (χ0v) is 36.5. The third kappa shape index (κ3) is 14.7. The van der Waals surface area contributed by atoms with E-state index in [9.17, 15) is 0 Å². The fourth-order valence-corrected chi connectivity index (χ4v) is 8.13. The average Bonchev–Trinajstić information content (AvgIpc) is 3.07. The Morgan fingerprint density at radius 2 is 1.15 bits per heavy atom. The van der Waals surface area contributed by atoms with E-state index >= 15 is 0 Å². The molecule has 2 heterocycles. The highest BCUT2D eigenvalue weighted by atomic mass is 15.4. The molecule has 2 rings (SSSR count). The number of anilines is 2. The summed E-state index contributed by atoms with van der Waals surface area (Å²) in [6.07, 6.45) is 15.6. The third-order valence-corrected chi connectivity index (χ3v) is 10.9. The first-order chi connectivity index (χ1) is 24.5. The second-order valence-corrected chi connectivity index (χ2v) is 17.4. The molecule has 1 fully saturated rings. The van der Waals surface area contributed by atoms with Gasteiger partial charge in [-0.05, 0) is 107 Å². The Balaban J connectivity index is 2.58. The Kier molecular flexibility index (Phi) is 19.8. The van der Waals surface area contributed by atoms with E-state index in [0.717, 1.165) is 140 Å². The lowest BCUT2D eigenvalue weighted by Crippen LogP contribution is -2.66. The molecule has 0 aromatic carbocycles. The summed E-state index contributed by atoms with van der Waals surface area (Å²) < 4.78 is 0. The molecule has 10 nitrogen and oxygen atoms in total. The molecule has 1 aliphatic heterocycles. The number of nitrogens with two attached hydrogens (primary N) is 1. The second-order valence-electron chi connectivity index (χ2n) is 17.4. The van der Waals surface area contributed by atoms with Crippen LogP contribution in [0.3, 0.4) is 0 Å². The molecule has 0 aliphatic carbocycles. The number of aliphatic imine (C=N–C) groups is 1. The van der Waals surface area contributed by atoms with Crippen LogP contribution < -0.4 is 20.9 Å². The summed E-state index contributed by atoms with van der Waals surface area (Å²) in [6, 6.07) is 0.746. The first-order valence-corrected chi connectivity index (χ1v) is 21.4. The quantitative estimate of drug-likeness (QED) is 0.0443. The Morgan fingerprint density at radius 1 is 0.731 bits per heavy atom. The minimum absolute atomic E-state index is 0.0105. The van der Waals surface area contributed by atoms with Gasteiger partial charge in [-0.2, -0.15) is 15.0 Å². The van der Waals surface area contributed by atoms with Crippen molar-refractivity contribution in [3.63, 3.8) is 0 Å². The molecule has 302 valence electrons. The topological polar surface area (TPSA) is 102 Å². The van der Waals surface area contributed by atoms with E-state index in [4.69, 9.17) is 20.7 Å². The number of rotatable bonds is 25. The van der Waals surface area contributed by atoms with E-state index in [1.165, 1.54) is 6.42 Å². The fourth-order valence-electron chi connectivity index (χ4n) is 8.13. The minimum atomic E-state index is -0.869. The molecular formula is C42H84N10. The molecule has 0 spiro atoms. The van der Waals surface area contributed by atoms with Crippen molar-refractivity contribution in [1.29, 1.82) is 0 Å². The summed E-state index contributed by atoms with van der Waals surface area (Å²) in [4.78, 5) is 30.2. The molecule has 1 aromatic heterocycles. The van der Waals surface area contributed by atoms with Gasteiger partial charge in [-0.1, -0.05) is 66.2 Å². The first kappa shape index (κ1) is 46.1. The van der Waals surface area contributed by atoms with Gasteiger partial charge in [0.15, 0.2) is 5.82 Å². The van der Waals surface area contributed by atoms with Crippen LogP contribution in [0.1, 0.15) is 179 Å². The van der Waals surface area contributed by atoms with Gasteiger partial charge in [0.05, 0.1) is 5.84 Å². The normalized spacial score (nSPS) is 17.5. The molecule has 0 radical (unpaired) electrons. The van der Waals surface area contributed by atoms with Crippen molar-refractivity contribution in [3.05, 3.63) is 5.82 Å². The van der Waals surface area contributed by atoms with Crippen molar-refractivity contribution < 1.29 is 0 Å². The smallest absolute Gasteiger partial charge is 0.230 e. The maximum atomic E-state index is 7.69. The molecule has 1 aromatic rings. The molecule has 52 heavy (non-hydrogen) atoms. The molecule has 1 unspecified atom stereocenters. The summed E-state index contributed by atoms with van der Waals surface area (Å²) in [7, 11) is 1.90. The number of hydrogen-bond donors (Lipinski definition) is 2. The zero-order valence-electron chi connectivity index (χ0n) is 36.5. The van der Waals surface area contributed by atoms with E-state index in [0.29, 0.717) is 11.9 Å². The summed E-state index contributed by atoms with van der Waals surface area (Å²) >= 11 is 0. The summed E-state index contributed by atoms with van der Waals surface area (Å²) in [5.41, 5.74) is 6.80. The first-order valence-electron chi connectivity index (χ1n) is 21.4. The summed E-state index contributed by atoms with van der Waals surface area (Å²) in [5.74, 6) is 3.42. The maximum absolute atomic E-state index is 7.69. The van der Waals surface area contributed by atoms with Gasteiger partial charge in [0.25, 0.3) is 0 Å². The van der Waals surface area contributed by atoms with Gasteiger partial charge in [-0.25, -0.2) is 0 Å². The lowest BCUT2D eigenvalue weighted by atomic mass is 9.78. The number of piperidine rings is 1. The Hall–Kier alpha value is -2.04. The van der Waals surface area contributed by atoms with Gasteiger partial charge >= 0.3 is 0 Å². The maximum Gasteiger partial charge on any atom is 0.230 e. The summed E-state index contributed by atoms with van der Waals surface area (Å²) in [5, 5.41) is 3.92. The molecule has 1 saturated heterocycles. The van der Waals surface area contributed by atoms with Crippen molar-refractivity contribution in [3.8, 4) is 0 Å². The lowest BCUT2D eigenvalue weighted by Gasteiger charge is -2.53. The van der Waals surface area contributed by atoms with Gasteiger partial charge in [-0.15, -0.1) is 0 Å².